The molecule has 0 radical (unpaired) electrons. The number of pyridine rings is 1. The molecule has 0 N–H and O–H groups in total. The lowest BCUT2D eigenvalue weighted by molar-refractivity contribution is 0.0975. The van der Waals surface area contributed by atoms with Crippen molar-refractivity contribution in [3.05, 3.63) is 113 Å². The summed E-state index contributed by atoms with van der Waals surface area (Å²) in [4.78, 5) is 34.0. The van der Waals surface area contributed by atoms with Crippen molar-refractivity contribution in [1.82, 2.24) is 29.2 Å². The van der Waals surface area contributed by atoms with Gasteiger partial charge in [0, 0.05) is 57.2 Å². The molecule has 45 heavy (non-hydrogen) atoms. The first kappa shape index (κ1) is 27.8. The van der Waals surface area contributed by atoms with Gasteiger partial charge in [0.15, 0.2) is 0 Å². The molecule has 9 heteroatoms. The molecule has 1 saturated heterocycles. The molecule has 9 nitrogen and oxygen atoms in total. The molecule has 1 atom stereocenters. The summed E-state index contributed by atoms with van der Waals surface area (Å²) in [6.07, 6.45) is 8.96. The molecular weight excluding hydrogens is 562 g/mol. The summed E-state index contributed by atoms with van der Waals surface area (Å²) in [5, 5.41) is 0. The first-order valence-corrected chi connectivity index (χ1v) is 16.0. The van der Waals surface area contributed by atoms with Crippen LogP contribution in [0.2, 0.25) is 0 Å². The second kappa shape index (κ2) is 11.6. The SMILES string of the molecule is CN(Cc1cn2c(N3CCN(C(=O)OCC4c5ccccc5-c5ccccc54)CC3)nccc2n1)C1CCCc2cccnc21. The van der Waals surface area contributed by atoms with Crippen LogP contribution in [-0.2, 0) is 17.7 Å². The number of benzene rings is 2. The average molecular weight is 600 g/mol. The van der Waals surface area contributed by atoms with Crippen LogP contribution in [0.4, 0.5) is 10.7 Å². The number of carbonyl (C=O) groups is 1. The van der Waals surface area contributed by atoms with Gasteiger partial charge in [-0.1, -0.05) is 54.6 Å². The Hall–Kier alpha value is -4.76. The Bertz CT molecular complexity index is 1820. The van der Waals surface area contributed by atoms with E-state index in [0.29, 0.717) is 38.8 Å². The summed E-state index contributed by atoms with van der Waals surface area (Å²) in [6, 6.07) is 23.3. The summed E-state index contributed by atoms with van der Waals surface area (Å²) < 4.78 is 8.01. The third-order valence-corrected chi connectivity index (χ3v) is 9.68. The molecule has 2 aromatic carbocycles. The van der Waals surface area contributed by atoms with Gasteiger partial charge in [0.25, 0.3) is 0 Å². The Balaban J connectivity index is 0.912. The zero-order valence-corrected chi connectivity index (χ0v) is 25.5. The first-order valence-electron chi connectivity index (χ1n) is 16.0. The quantitative estimate of drug-likeness (QED) is 0.248. The number of imidazole rings is 1. The highest BCUT2D eigenvalue weighted by Gasteiger charge is 2.31. The zero-order chi connectivity index (χ0) is 30.3. The van der Waals surface area contributed by atoms with Gasteiger partial charge in [0.05, 0.1) is 17.4 Å². The van der Waals surface area contributed by atoms with Crippen LogP contribution in [0.15, 0.2) is 85.3 Å². The highest BCUT2D eigenvalue weighted by atomic mass is 16.6. The van der Waals surface area contributed by atoms with Gasteiger partial charge < -0.3 is 14.5 Å². The number of amides is 1. The van der Waals surface area contributed by atoms with Gasteiger partial charge in [0.2, 0.25) is 5.95 Å². The van der Waals surface area contributed by atoms with Crippen molar-refractivity contribution in [2.75, 3.05) is 44.7 Å². The monoisotopic (exact) mass is 599 g/mol. The molecule has 1 aliphatic heterocycles. The van der Waals surface area contributed by atoms with Crippen LogP contribution < -0.4 is 4.90 Å². The van der Waals surface area contributed by atoms with Gasteiger partial charge in [-0.3, -0.25) is 14.3 Å². The van der Waals surface area contributed by atoms with E-state index in [2.05, 4.69) is 82.0 Å². The van der Waals surface area contributed by atoms with Crippen LogP contribution in [0.5, 0.6) is 0 Å². The summed E-state index contributed by atoms with van der Waals surface area (Å²) >= 11 is 0. The standard InChI is InChI=1S/C36H37N7O2/c1-40(32-14-6-8-25-9-7-16-37-34(25)32)22-26-23-43-33(39-26)15-17-38-35(43)41-18-20-42(21-19-41)36(44)45-24-31-29-12-4-2-10-27(29)28-11-3-5-13-30(28)31/h2-5,7,9-13,15-17,23,31-32H,6,8,14,18-22,24H2,1H3. The molecule has 1 amide bonds. The van der Waals surface area contributed by atoms with E-state index in [9.17, 15) is 4.79 Å². The van der Waals surface area contributed by atoms with Crippen LogP contribution >= 0.6 is 0 Å². The molecular formula is C36H37N7O2. The summed E-state index contributed by atoms with van der Waals surface area (Å²) in [6.45, 7) is 3.57. The van der Waals surface area contributed by atoms with E-state index in [4.69, 9.17) is 19.7 Å². The van der Waals surface area contributed by atoms with Gasteiger partial charge in [-0.15, -0.1) is 0 Å². The molecule has 1 unspecified atom stereocenters. The van der Waals surface area contributed by atoms with E-state index >= 15 is 0 Å². The van der Waals surface area contributed by atoms with Crippen LogP contribution in [0, 0.1) is 0 Å². The van der Waals surface area contributed by atoms with E-state index in [-0.39, 0.29) is 12.0 Å². The molecule has 228 valence electrons. The Morgan fingerprint density at radius 1 is 0.911 bits per heavy atom. The van der Waals surface area contributed by atoms with Gasteiger partial charge >= 0.3 is 6.09 Å². The molecule has 2 aliphatic carbocycles. The second-order valence-corrected chi connectivity index (χ2v) is 12.4. The lowest BCUT2D eigenvalue weighted by Crippen LogP contribution is -2.49. The number of fused-ring (bicyclic) bond motifs is 5. The van der Waals surface area contributed by atoms with Crippen LogP contribution in [0.3, 0.4) is 0 Å². The fourth-order valence-electron chi connectivity index (χ4n) is 7.42. The number of rotatable bonds is 6. The summed E-state index contributed by atoms with van der Waals surface area (Å²) in [5.41, 5.74) is 9.36. The number of piperazine rings is 1. The number of carbonyl (C=O) groups excluding carboxylic acids is 1. The lowest BCUT2D eigenvalue weighted by atomic mass is 9.91. The number of anilines is 1. The number of aromatic nitrogens is 4. The zero-order valence-electron chi connectivity index (χ0n) is 25.5. The molecule has 3 aliphatic rings. The molecule has 0 bridgehead atoms. The predicted octanol–water partition coefficient (Wildman–Crippen LogP) is 5.70. The molecule has 0 spiro atoms. The van der Waals surface area contributed by atoms with Crippen molar-refractivity contribution in [3.63, 3.8) is 0 Å². The van der Waals surface area contributed by atoms with E-state index in [1.807, 2.05) is 29.4 Å². The Morgan fingerprint density at radius 2 is 1.67 bits per heavy atom. The second-order valence-electron chi connectivity index (χ2n) is 12.4. The third kappa shape index (κ3) is 5.11. The van der Waals surface area contributed by atoms with E-state index in [0.717, 1.165) is 36.7 Å². The number of aryl methyl sites for hydroxylation is 1. The van der Waals surface area contributed by atoms with Crippen molar-refractivity contribution >= 4 is 17.7 Å². The van der Waals surface area contributed by atoms with Gasteiger partial charge in [-0.05, 0) is 66.3 Å². The normalized spacial score (nSPS) is 17.8. The third-order valence-electron chi connectivity index (χ3n) is 9.68. The minimum absolute atomic E-state index is 0.0584. The summed E-state index contributed by atoms with van der Waals surface area (Å²) in [7, 11) is 2.17. The molecule has 3 aromatic heterocycles. The minimum atomic E-state index is -0.255. The predicted molar refractivity (Wildman–Crippen MR) is 173 cm³/mol. The molecule has 0 saturated carbocycles. The number of hydrogen-bond acceptors (Lipinski definition) is 7. The van der Waals surface area contributed by atoms with Crippen molar-refractivity contribution in [1.29, 1.82) is 0 Å². The van der Waals surface area contributed by atoms with E-state index < -0.39 is 0 Å². The smallest absolute Gasteiger partial charge is 0.409 e. The number of nitrogens with zero attached hydrogens (tertiary/aromatic N) is 7. The lowest BCUT2D eigenvalue weighted by Gasteiger charge is -2.35. The molecule has 5 aromatic rings. The maximum atomic E-state index is 13.2. The largest absolute Gasteiger partial charge is 0.448 e. The molecule has 8 rings (SSSR count). The fraction of sp³-hybridized carbons (Fsp3) is 0.333. The summed E-state index contributed by atoms with van der Waals surface area (Å²) in [5.74, 6) is 0.911. The van der Waals surface area contributed by atoms with Crippen molar-refractivity contribution < 1.29 is 9.53 Å². The van der Waals surface area contributed by atoms with Crippen molar-refractivity contribution in [2.24, 2.45) is 0 Å². The number of hydrogen-bond donors (Lipinski definition) is 0. The van der Waals surface area contributed by atoms with E-state index in [1.165, 1.54) is 39.9 Å². The molecule has 1 fully saturated rings. The Labute approximate surface area is 263 Å². The van der Waals surface area contributed by atoms with Crippen LogP contribution in [-0.4, -0.2) is 75.1 Å². The van der Waals surface area contributed by atoms with Crippen molar-refractivity contribution in [2.45, 2.75) is 37.8 Å². The first-order chi connectivity index (χ1) is 22.1. The topological polar surface area (TPSA) is 79.1 Å². The van der Waals surface area contributed by atoms with Gasteiger partial charge in [-0.2, -0.15) is 0 Å². The highest BCUT2D eigenvalue weighted by molar-refractivity contribution is 5.79. The minimum Gasteiger partial charge on any atom is -0.448 e. The van der Waals surface area contributed by atoms with Gasteiger partial charge in [-0.25, -0.2) is 14.8 Å². The maximum absolute atomic E-state index is 13.2. The Kier molecular flexibility index (Phi) is 7.18. The fourth-order valence-corrected chi connectivity index (χ4v) is 7.42. The average Bonchev–Trinajstić information content (AvgIpc) is 3.65. The maximum Gasteiger partial charge on any atom is 0.409 e. The van der Waals surface area contributed by atoms with Crippen LogP contribution in [0.1, 0.15) is 52.9 Å². The van der Waals surface area contributed by atoms with Crippen LogP contribution in [0.25, 0.3) is 16.8 Å². The molecule has 4 heterocycles. The van der Waals surface area contributed by atoms with E-state index in [1.54, 1.807) is 0 Å². The van der Waals surface area contributed by atoms with Crippen molar-refractivity contribution in [3.8, 4) is 11.1 Å². The number of ether oxygens (including phenoxy) is 1. The van der Waals surface area contributed by atoms with Gasteiger partial charge in [0.1, 0.15) is 12.3 Å². The Morgan fingerprint density at radius 3 is 2.44 bits per heavy atom. The highest BCUT2D eigenvalue weighted by Crippen LogP contribution is 2.44.